The molecule has 1 saturated heterocycles. The molecule has 1 aliphatic rings. The summed E-state index contributed by atoms with van der Waals surface area (Å²) in [4.78, 5) is 26.5. The molecule has 8 nitrogen and oxygen atoms in total. The molecule has 3 rings (SSSR count). The molecule has 32 heavy (non-hydrogen) atoms. The maximum absolute atomic E-state index is 13.1. The molecule has 0 aliphatic carbocycles. The number of anilines is 1. The minimum atomic E-state index is -4.10. The average molecular weight is 481 g/mol. The lowest BCUT2D eigenvalue weighted by molar-refractivity contribution is -0.149. The third kappa shape index (κ3) is 5.34. The Kier molecular flexibility index (Phi) is 7.63. The lowest BCUT2D eigenvalue weighted by Gasteiger charge is -2.31. The maximum Gasteiger partial charge on any atom is 0.310 e. The number of carbonyl (C=O) groups is 2. The molecule has 1 unspecified atom stereocenters. The predicted molar refractivity (Wildman–Crippen MR) is 121 cm³/mol. The SMILES string of the molecule is CCOC(=O)C1CCCN(C(=O)c2ccc(Cl)c(S(=O)(=O)Nc3ccccc3OC)c2)C1. The number of methoxy groups -OCH3 is 1. The predicted octanol–water partition coefficient (Wildman–Crippen LogP) is 3.56. The number of hydrogen-bond donors (Lipinski definition) is 1. The minimum absolute atomic E-state index is 0.0213. The van der Waals surface area contributed by atoms with E-state index in [1.54, 1.807) is 36.1 Å². The van der Waals surface area contributed by atoms with Crippen LogP contribution in [0.5, 0.6) is 5.75 Å². The Morgan fingerprint density at radius 2 is 1.97 bits per heavy atom. The Bertz CT molecular complexity index is 1110. The first-order chi connectivity index (χ1) is 15.3. The van der Waals surface area contributed by atoms with E-state index in [2.05, 4.69) is 4.72 Å². The van der Waals surface area contributed by atoms with E-state index in [1.165, 1.54) is 25.3 Å². The molecule has 172 valence electrons. The number of likely N-dealkylation sites (tertiary alicyclic amines) is 1. The van der Waals surface area contributed by atoms with Gasteiger partial charge >= 0.3 is 5.97 Å². The van der Waals surface area contributed by atoms with Crippen LogP contribution in [0.2, 0.25) is 5.02 Å². The summed E-state index contributed by atoms with van der Waals surface area (Å²) in [7, 11) is -2.67. The van der Waals surface area contributed by atoms with Crippen LogP contribution < -0.4 is 9.46 Å². The molecular formula is C22H25ClN2O6S. The number of nitrogens with zero attached hydrogens (tertiary/aromatic N) is 1. The van der Waals surface area contributed by atoms with Crippen LogP contribution in [0.15, 0.2) is 47.4 Å². The van der Waals surface area contributed by atoms with Crippen molar-refractivity contribution in [2.45, 2.75) is 24.7 Å². The highest BCUT2D eigenvalue weighted by Gasteiger charge is 2.30. The van der Waals surface area contributed by atoms with E-state index in [0.717, 1.165) is 0 Å². The molecule has 1 aliphatic heterocycles. The molecule has 1 amide bonds. The van der Waals surface area contributed by atoms with Gasteiger partial charge in [-0.1, -0.05) is 23.7 Å². The summed E-state index contributed by atoms with van der Waals surface area (Å²) in [6.07, 6.45) is 1.30. The standard InChI is InChI=1S/C22H25ClN2O6S/c1-3-31-22(27)16-7-6-12-25(14-16)21(26)15-10-11-17(23)20(13-15)32(28,29)24-18-8-4-5-9-19(18)30-2/h4-5,8-11,13,16,24H,3,6-7,12,14H2,1-2H3. The Labute approximate surface area is 192 Å². The van der Waals surface area contributed by atoms with E-state index in [9.17, 15) is 18.0 Å². The van der Waals surface area contributed by atoms with Crippen LogP contribution in [-0.4, -0.2) is 52.0 Å². The molecule has 0 saturated carbocycles. The molecular weight excluding hydrogens is 456 g/mol. The van der Waals surface area contributed by atoms with Crippen LogP contribution in [0.4, 0.5) is 5.69 Å². The van der Waals surface area contributed by atoms with Gasteiger partial charge in [-0.05, 0) is 50.1 Å². The van der Waals surface area contributed by atoms with E-state index in [0.29, 0.717) is 25.1 Å². The number of piperidine rings is 1. The van der Waals surface area contributed by atoms with Crippen LogP contribution in [0.25, 0.3) is 0 Å². The van der Waals surface area contributed by atoms with Crippen molar-refractivity contribution >= 4 is 39.2 Å². The van der Waals surface area contributed by atoms with E-state index in [4.69, 9.17) is 21.1 Å². The fourth-order valence-corrected chi connectivity index (χ4v) is 5.16. The molecule has 10 heteroatoms. The van der Waals surface area contributed by atoms with Gasteiger partial charge in [-0.25, -0.2) is 8.42 Å². The molecule has 0 radical (unpaired) electrons. The van der Waals surface area contributed by atoms with Gasteiger partial charge in [0.25, 0.3) is 15.9 Å². The van der Waals surface area contributed by atoms with Crippen molar-refractivity contribution in [1.29, 1.82) is 0 Å². The summed E-state index contributed by atoms with van der Waals surface area (Å²) in [5.74, 6) is -0.747. The molecule has 2 aromatic rings. The zero-order valence-corrected chi connectivity index (χ0v) is 19.4. The highest BCUT2D eigenvalue weighted by Crippen LogP contribution is 2.30. The quantitative estimate of drug-likeness (QED) is 0.608. The molecule has 0 aromatic heterocycles. The third-order valence-electron chi connectivity index (χ3n) is 5.15. The first-order valence-electron chi connectivity index (χ1n) is 10.2. The summed E-state index contributed by atoms with van der Waals surface area (Å²) in [5, 5.41) is -0.0213. The van der Waals surface area contributed by atoms with Crippen molar-refractivity contribution in [3.8, 4) is 5.75 Å². The Morgan fingerprint density at radius 1 is 1.22 bits per heavy atom. The zero-order chi connectivity index (χ0) is 23.3. The number of ether oxygens (including phenoxy) is 2. The van der Waals surface area contributed by atoms with Crippen LogP contribution in [0.1, 0.15) is 30.1 Å². The topological polar surface area (TPSA) is 102 Å². The summed E-state index contributed by atoms with van der Waals surface area (Å²) >= 11 is 6.17. The third-order valence-corrected chi connectivity index (χ3v) is 6.99. The number of esters is 1. The van der Waals surface area contributed by atoms with E-state index in [-0.39, 0.29) is 46.2 Å². The second-order valence-corrected chi connectivity index (χ2v) is 9.35. The first-order valence-corrected chi connectivity index (χ1v) is 12.0. The lowest BCUT2D eigenvalue weighted by atomic mass is 9.97. The Balaban J connectivity index is 1.85. The smallest absolute Gasteiger partial charge is 0.310 e. The molecule has 1 heterocycles. The van der Waals surface area contributed by atoms with E-state index < -0.39 is 15.9 Å². The van der Waals surface area contributed by atoms with Crippen molar-refractivity contribution in [2.75, 3.05) is 31.5 Å². The van der Waals surface area contributed by atoms with Crippen molar-refractivity contribution in [2.24, 2.45) is 5.92 Å². The minimum Gasteiger partial charge on any atom is -0.495 e. The molecule has 1 fully saturated rings. The zero-order valence-electron chi connectivity index (χ0n) is 17.8. The largest absolute Gasteiger partial charge is 0.495 e. The van der Waals surface area contributed by atoms with E-state index >= 15 is 0 Å². The van der Waals surface area contributed by atoms with Gasteiger partial charge in [0.1, 0.15) is 10.6 Å². The van der Waals surface area contributed by atoms with Crippen LogP contribution in [0, 0.1) is 5.92 Å². The number of sulfonamides is 1. The van der Waals surface area contributed by atoms with Gasteiger partial charge in [-0.3, -0.25) is 14.3 Å². The first kappa shape index (κ1) is 23.9. The van der Waals surface area contributed by atoms with Gasteiger partial charge in [-0.2, -0.15) is 0 Å². The highest BCUT2D eigenvalue weighted by molar-refractivity contribution is 7.92. The van der Waals surface area contributed by atoms with Crippen LogP contribution in [-0.2, 0) is 19.6 Å². The lowest BCUT2D eigenvalue weighted by Crippen LogP contribution is -2.42. The Hall–Kier alpha value is -2.78. The summed E-state index contributed by atoms with van der Waals surface area (Å²) < 4.78 is 38.8. The van der Waals surface area contributed by atoms with Crippen molar-refractivity contribution in [3.63, 3.8) is 0 Å². The monoisotopic (exact) mass is 480 g/mol. The van der Waals surface area contributed by atoms with Gasteiger partial charge in [-0.15, -0.1) is 0 Å². The van der Waals surface area contributed by atoms with Crippen LogP contribution in [0.3, 0.4) is 0 Å². The van der Waals surface area contributed by atoms with Gasteiger partial charge < -0.3 is 14.4 Å². The number of benzene rings is 2. The number of carbonyl (C=O) groups excluding carboxylic acids is 2. The van der Waals surface area contributed by atoms with Gasteiger partial charge in [0.15, 0.2) is 0 Å². The number of para-hydroxylation sites is 2. The fourth-order valence-electron chi connectivity index (χ4n) is 3.57. The normalized spacial score (nSPS) is 16.3. The second-order valence-electron chi connectivity index (χ2n) is 7.29. The molecule has 2 aromatic carbocycles. The number of nitrogens with one attached hydrogen (secondary N) is 1. The van der Waals surface area contributed by atoms with Crippen molar-refractivity contribution in [3.05, 3.63) is 53.1 Å². The molecule has 0 bridgehead atoms. The number of hydrogen-bond acceptors (Lipinski definition) is 6. The fraction of sp³-hybridized carbons (Fsp3) is 0.364. The molecule has 1 atom stereocenters. The molecule has 0 spiro atoms. The van der Waals surface area contributed by atoms with E-state index in [1.807, 2.05) is 0 Å². The van der Waals surface area contributed by atoms with Crippen molar-refractivity contribution < 1.29 is 27.5 Å². The second kappa shape index (κ2) is 10.2. The average Bonchev–Trinajstić information content (AvgIpc) is 2.79. The van der Waals surface area contributed by atoms with Crippen molar-refractivity contribution in [1.82, 2.24) is 4.90 Å². The summed E-state index contributed by atoms with van der Waals surface area (Å²) in [5.41, 5.74) is 0.412. The highest BCUT2D eigenvalue weighted by atomic mass is 35.5. The van der Waals surface area contributed by atoms with Gasteiger partial charge in [0.05, 0.1) is 30.3 Å². The molecule has 1 N–H and O–H groups in total. The maximum atomic E-state index is 13.1. The van der Waals surface area contributed by atoms with Gasteiger partial charge in [0, 0.05) is 18.7 Å². The van der Waals surface area contributed by atoms with Gasteiger partial charge in [0.2, 0.25) is 0 Å². The Morgan fingerprint density at radius 3 is 2.69 bits per heavy atom. The number of amides is 1. The van der Waals surface area contributed by atoms with Crippen LogP contribution >= 0.6 is 11.6 Å². The summed E-state index contributed by atoms with van der Waals surface area (Å²) in [6.45, 7) is 2.71. The number of rotatable bonds is 7. The summed E-state index contributed by atoms with van der Waals surface area (Å²) in [6, 6.07) is 10.6. The number of halogens is 1.